The smallest absolute Gasteiger partial charge is 0.214 e. The molecule has 0 amide bonds. The lowest BCUT2D eigenvalue weighted by molar-refractivity contribution is 0.0491. The predicted molar refractivity (Wildman–Crippen MR) is 105 cm³/mol. The van der Waals surface area contributed by atoms with Crippen LogP contribution in [-0.2, 0) is 11.3 Å². The molecule has 1 N–H and O–H groups in total. The van der Waals surface area contributed by atoms with Crippen LogP contribution in [0.3, 0.4) is 0 Å². The molecule has 1 aliphatic rings. The van der Waals surface area contributed by atoms with Crippen molar-refractivity contribution < 1.29 is 13.9 Å². The molecule has 3 heterocycles. The Labute approximate surface area is 163 Å². The molecule has 4 rings (SSSR count). The molecule has 0 atom stereocenters. The summed E-state index contributed by atoms with van der Waals surface area (Å²) in [5, 5.41) is 4.18. The number of nitrogens with one attached hydrogen (secondary N) is 1. The van der Waals surface area contributed by atoms with Crippen molar-refractivity contribution >= 4 is 16.7 Å². The zero-order chi connectivity index (χ0) is 19.3. The molecule has 0 unspecified atom stereocenters. The fourth-order valence-corrected chi connectivity index (χ4v) is 3.25. The molecule has 0 saturated carbocycles. The largest absolute Gasteiger partial charge is 0.477 e. The molecule has 1 fully saturated rings. The topological polar surface area (TPSA) is 69.2 Å². The lowest BCUT2D eigenvalue weighted by atomic mass is 10.0. The number of aromatic nitrogens is 3. The molecule has 1 aromatic carbocycles. The first-order chi connectivity index (χ1) is 13.7. The molecule has 3 aromatic rings. The van der Waals surface area contributed by atoms with Crippen LogP contribution in [0.4, 0.5) is 10.2 Å². The highest BCUT2D eigenvalue weighted by Crippen LogP contribution is 2.25. The molecule has 2 aromatic heterocycles. The van der Waals surface area contributed by atoms with Crippen molar-refractivity contribution in [3.05, 3.63) is 53.7 Å². The second-order valence-corrected chi connectivity index (χ2v) is 7.01. The van der Waals surface area contributed by atoms with Crippen LogP contribution in [0.25, 0.3) is 10.9 Å². The molecular formula is C21H23FN4O2. The Morgan fingerprint density at radius 2 is 1.96 bits per heavy atom. The van der Waals surface area contributed by atoms with Crippen LogP contribution in [0.2, 0.25) is 0 Å². The first-order valence-electron chi connectivity index (χ1n) is 9.50. The van der Waals surface area contributed by atoms with Crippen molar-refractivity contribution in [1.29, 1.82) is 0 Å². The van der Waals surface area contributed by atoms with Crippen LogP contribution in [-0.4, -0.2) is 34.8 Å². The number of ether oxygens (including phenoxy) is 2. The minimum Gasteiger partial charge on any atom is -0.477 e. The van der Waals surface area contributed by atoms with E-state index in [0.29, 0.717) is 36.6 Å². The number of halogens is 1. The van der Waals surface area contributed by atoms with Gasteiger partial charge in [-0.1, -0.05) is 12.1 Å². The van der Waals surface area contributed by atoms with Crippen LogP contribution >= 0.6 is 0 Å². The molecule has 0 aliphatic carbocycles. The van der Waals surface area contributed by atoms with Crippen molar-refractivity contribution in [1.82, 2.24) is 15.0 Å². The molecule has 146 valence electrons. The van der Waals surface area contributed by atoms with Crippen LogP contribution in [0.1, 0.15) is 24.2 Å². The van der Waals surface area contributed by atoms with Gasteiger partial charge in [-0.15, -0.1) is 0 Å². The van der Waals surface area contributed by atoms with Gasteiger partial charge in [0.25, 0.3) is 0 Å². The maximum atomic E-state index is 13.1. The number of rotatable bonds is 6. The van der Waals surface area contributed by atoms with Gasteiger partial charge in [0, 0.05) is 31.2 Å². The summed E-state index contributed by atoms with van der Waals surface area (Å²) in [6, 6.07) is 8.28. The van der Waals surface area contributed by atoms with Gasteiger partial charge >= 0.3 is 0 Å². The summed E-state index contributed by atoms with van der Waals surface area (Å²) in [6.07, 6.45) is 3.74. The molecule has 1 aliphatic heterocycles. The van der Waals surface area contributed by atoms with Gasteiger partial charge < -0.3 is 14.8 Å². The average Bonchev–Trinajstić information content (AvgIpc) is 2.72. The van der Waals surface area contributed by atoms with Crippen LogP contribution in [0, 0.1) is 18.7 Å². The van der Waals surface area contributed by atoms with Gasteiger partial charge in [0.05, 0.1) is 18.3 Å². The molecule has 0 bridgehead atoms. The highest BCUT2D eigenvalue weighted by atomic mass is 19.1. The Kier molecular flexibility index (Phi) is 5.62. The summed E-state index contributed by atoms with van der Waals surface area (Å²) in [4.78, 5) is 13.4. The SMILES string of the molecule is Cc1nc(NCc2ccc(F)cc2)c2cc(OCC3CCOCC3)ncc2n1. The lowest BCUT2D eigenvalue weighted by Gasteiger charge is -2.21. The fourth-order valence-electron chi connectivity index (χ4n) is 3.25. The number of fused-ring (bicyclic) bond motifs is 1. The summed E-state index contributed by atoms with van der Waals surface area (Å²) in [5.74, 6) is 2.19. The van der Waals surface area contributed by atoms with Crippen LogP contribution < -0.4 is 10.1 Å². The Bertz CT molecular complexity index is 943. The lowest BCUT2D eigenvalue weighted by Crippen LogP contribution is -2.21. The summed E-state index contributed by atoms with van der Waals surface area (Å²) >= 11 is 0. The average molecular weight is 382 g/mol. The first kappa shape index (κ1) is 18.6. The zero-order valence-corrected chi connectivity index (χ0v) is 15.8. The molecule has 7 heteroatoms. The predicted octanol–water partition coefficient (Wildman–Crippen LogP) is 3.89. The number of nitrogens with zero attached hydrogens (tertiary/aromatic N) is 3. The molecular weight excluding hydrogens is 359 g/mol. The van der Waals surface area contributed by atoms with E-state index in [2.05, 4.69) is 20.3 Å². The number of hydrogen-bond acceptors (Lipinski definition) is 6. The Hall–Kier alpha value is -2.80. The van der Waals surface area contributed by atoms with Crippen molar-refractivity contribution in [3.63, 3.8) is 0 Å². The van der Waals surface area contributed by atoms with E-state index in [1.165, 1.54) is 12.1 Å². The van der Waals surface area contributed by atoms with E-state index in [4.69, 9.17) is 9.47 Å². The number of pyridine rings is 1. The summed E-state index contributed by atoms with van der Waals surface area (Å²) in [7, 11) is 0. The number of hydrogen-bond donors (Lipinski definition) is 1. The Morgan fingerprint density at radius 3 is 2.75 bits per heavy atom. The van der Waals surface area contributed by atoms with Gasteiger partial charge in [-0.05, 0) is 43.4 Å². The highest BCUT2D eigenvalue weighted by Gasteiger charge is 2.15. The number of anilines is 1. The van der Waals surface area contributed by atoms with E-state index < -0.39 is 0 Å². The third-order valence-corrected chi connectivity index (χ3v) is 4.85. The van der Waals surface area contributed by atoms with Crippen molar-refractivity contribution in [2.24, 2.45) is 5.92 Å². The number of benzene rings is 1. The third-order valence-electron chi connectivity index (χ3n) is 4.85. The zero-order valence-electron chi connectivity index (χ0n) is 15.8. The molecule has 0 radical (unpaired) electrons. The minimum absolute atomic E-state index is 0.246. The van der Waals surface area contributed by atoms with Crippen LogP contribution in [0.5, 0.6) is 5.88 Å². The molecule has 6 nitrogen and oxygen atoms in total. The second-order valence-electron chi connectivity index (χ2n) is 7.01. The monoisotopic (exact) mass is 382 g/mol. The highest BCUT2D eigenvalue weighted by molar-refractivity contribution is 5.89. The van der Waals surface area contributed by atoms with Gasteiger partial charge in [-0.2, -0.15) is 0 Å². The summed E-state index contributed by atoms with van der Waals surface area (Å²) in [6.45, 7) is 4.60. The van der Waals surface area contributed by atoms with E-state index in [9.17, 15) is 4.39 Å². The minimum atomic E-state index is -0.246. The third kappa shape index (κ3) is 4.54. The normalized spacial score (nSPS) is 14.9. The molecule has 28 heavy (non-hydrogen) atoms. The van der Waals surface area contributed by atoms with Gasteiger partial charge in [0.1, 0.15) is 17.5 Å². The Balaban J connectivity index is 1.51. The fraction of sp³-hybridized carbons (Fsp3) is 0.381. The maximum absolute atomic E-state index is 13.1. The molecule has 1 saturated heterocycles. The quantitative estimate of drug-likeness (QED) is 0.698. The van der Waals surface area contributed by atoms with E-state index >= 15 is 0 Å². The first-order valence-corrected chi connectivity index (χ1v) is 9.50. The van der Waals surface area contributed by atoms with Crippen molar-refractivity contribution in [2.75, 3.05) is 25.1 Å². The number of aryl methyl sites for hydroxylation is 1. The van der Waals surface area contributed by atoms with Gasteiger partial charge in [-0.25, -0.2) is 19.3 Å². The van der Waals surface area contributed by atoms with E-state index in [1.807, 2.05) is 13.0 Å². The van der Waals surface area contributed by atoms with Crippen molar-refractivity contribution in [2.45, 2.75) is 26.3 Å². The van der Waals surface area contributed by atoms with Crippen molar-refractivity contribution in [3.8, 4) is 5.88 Å². The summed E-state index contributed by atoms with van der Waals surface area (Å²) in [5.41, 5.74) is 1.73. The standard InChI is InChI=1S/C21H23FN4O2/c1-14-25-19-12-23-20(28-13-16-6-8-27-9-7-16)10-18(19)21(26-14)24-11-15-2-4-17(22)5-3-15/h2-5,10,12,16H,6-9,11,13H2,1H3,(H,24,25,26). The van der Waals surface area contributed by atoms with Gasteiger partial charge in [0.2, 0.25) is 5.88 Å². The summed E-state index contributed by atoms with van der Waals surface area (Å²) < 4.78 is 24.4. The second kappa shape index (κ2) is 8.48. The van der Waals surface area contributed by atoms with E-state index in [-0.39, 0.29) is 5.82 Å². The van der Waals surface area contributed by atoms with E-state index in [1.54, 1.807) is 18.3 Å². The molecule has 0 spiro atoms. The van der Waals surface area contributed by atoms with Gasteiger partial charge in [0.15, 0.2) is 0 Å². The van der Waals surface area contributed by atoms with Gasteiger partial charge in [-0.3, -0.25) is 0 Å². The van der Waals surface area contributed by atoms with E-state index in [0.717, 1.165) is 42.5 Å². The maximum Gasteiger partial charge on any atom is 0.214 e. The van der Waals surface area contributed by atoms with Crippen LogP contribution in [0.15, 0.2) is 36.5 Å². The Morgan fingerprint density at radius 1 is 1.18 bits per heavy atom.